The predicted molar refractivity (Wildman–Crippen MR) is 84.8 cm³/mol. The Balaban J connectivity index is 1.79. The fraction of sp³-hybridized carbons (Fsp3) is 0.368. The van der Waals surface area contributed by atoms with Gasteiger partial charge in [0, 0.05) is 6.04 Å². The summed E-state index contributed by atoms with van der Waals surface area (Å²) in [5.74, 6) is 0.621. The van der Waals surface area contributed by atoms with E-state index < -0.39 is 0 Å². The number of rotatable bonds is 3. The van der Waals surface area contributed by atoms with Gasteiger partial charge in [0.15, 0.2) is 0 Å². The van der Waals surface area contributed by atoms with Crippen molar-refractivity contribution in [2.24, 2.45) is 5.73 Å². The zero-order chi connectivity index (χ0) is 13.9. The van der Waals surface area contributed by atoms with Gasteiger partial charge in [0.25, 0.3) is 0 Å². The van der Waals surface area contributed by atoms with Crippen LogP contribution in [0.15, 0.2) is 48.5 Å². The Kier molecular flexibility index (Phi) is 3.88. The van der Waals surface area contributed by atoms with E-state index in [9.17, 15) is 0 Å². The van der Waals surface area contributed by atoms with Crippen LogP contribution >= 0.6 is 0 Å². The molecule has 0 spiro atoms. The molecule has 1 aliphatic rings. The molecule has 1 nitrogen and oxygen atoms in total. The van der Waals surface area contributed by atoms with Crippen molar-refractivity contribution >= 4 is 0 Å². The number of hydrogen-bond acceptors (Lipinski definition) is 1. The van der Waals surface area contributed by atoms with Crippen molar-refractivity contribution in [3.63, 3.8) is 0 Å². The van der Waals surface area contributed by atoms with Crippen LogP contribution in [0, 0.1) is 6.92 Å². The molecule has 0 aliphatic heterocycles. The summed E-state index contributed by atoms with van der Waals surface area (Å²) in [6.45, 7) is 2.13. The van der Waals surface area contributed by atoms with Gasteiger partial charge in [0.05, 0.1) is 0 Å². The maximum atomic E-state index is 6.45. The van der Waals surface area contributed by atoms with E-state index in [1.54, 1.807) is 0 Å². The first kappa shape index (κ1) is 13.4. The molecule has 0 fully saturated rings. The molecule has 2 N–H and O–H groups in total. The van der Waals surface area contributed by atoms with Crippen molar-refractivity contribution in [1.82, 2.24) is 0 Å². The predicted octanol–water partition coefficient (Wildman–Crippen LogP) is 4.51. The van der Waals surface area contributed by atoms with Gasteiger partial charge in [-0.15, -0.1) is 0 Å². The fourth-order valence-electron chi connectivity index (χ4n) is 3.44. The Hall–Kier alpha value is -1.60. The number of aryl methyl sites for hydroxylation is 2. The molecule has 2 aromatic rings. The maximum absolute atomic E-state index is 6.45. The summed E-state index contributed by atoms with van der Waals surface area (Å²) in [7, 11) is 0. The molecule has 0 saturated carbocycles. The van der Waals surface area contributed by atoms with Crippen LogP contribution in [0.2, 0.25) is 0 Å². The summed E-state index contributed by atoms with van der Waals surface area (Å²) >= 11 is 0. The second-order valence-corrected chi connectivity index (χ2v) is 6.04. The highest BCUT2D eigenvalue weighted by Gasteiger charge is 2.22. The van der Waals surface area contributed by atoms with Gasteiger partial charge in [-0.05, 0) is 55.2 Å². The van der Waals surface area contributed by atoms with E-state index in [0.717, 1.165) is 6.42 Å². The second kappa shape index (κ2) is 5.80. The van der Waals surface area contributed by atoms with Crippen LogP contribution < -0.4 is 5.73 Å². The first-order chi connectivity index (χ1) is 9.74. The molecule has 20 heavy (non-hydrogen) atoms. The van der Waals surface area contributed by atoms with E-state index in [-0.39, 0.29) is 6.04 Å². The van der Waals surface area contributed by atoms with E-state index in [2.05, 4.69) is 55.5 Å². The Morgan fingerprint density at radius 3 is 2.85 bits per heavy atom. The third kappa shape index (κ3) is 2.78. The standard InChI is InChI=1S/C19H23N/c1-14-6-4-10-17(12-14)19(20)13-16-9-5-8-15-7-2-3-11-18(15)16/h2-4,6-7,10-12,16,19H,5,8-9,13,20H2,1H3. The quantitative estimate of drug-likeness (QED) is 0.868. The lowest BCUT2D eigenvalue weighted by atomic mass is 9.79. The maximum Gasteiger partial charge on any atom is 0.0300 e. The molecule has 0 saturated heterocycles. The molecular weight excluding hydrogens is 242 g/mol. The Labute approximate surface area is 121 Å². The van der Waals surface area contributed by atoms with E-state index in [1.165, 1.54) is 41.5 Å². The molecule has 0 heterocycles. The number of fused-ring (bicyclic) bond motifs is 1. The molecule has 0 bridgehead atoms. The Morgan fingerprint density at radius 2 is 2.00 bits per heavy atom. The Morgan fingerprint density at radius 1 is 1.15 bits per heavy atom. The van der Waals surface area contributed by atoms with E-state index in [1.807, 2.05) is 0 Å². The zero-order valence-corrected chi connectivity index (χ0v) is 12.2. The summed E-state index contributed by atoms with van der Waals surface area (Å²) < 4.78 is 0. The van der Waals surface area contributed by atoms with Gasteiger partial charge >= 0.3 is 0 Å². The average molecular weight is 265 g/mol. The number of hydrogen-bond donors (Lipinski definition) is 1. The molecule has 0 aromatic heterocycles. The van der Waals surface area contributed by atoms with Gasteiger partial charge in [0.2, 0.25) is 0 Å². The third-order valence-electron chi connectivity index (χ3n) is 4.50. The largest absolute Gasteiger partial charge is 0.324 e. The van der Waals surface area contributed by atoms with E-state index >= 15 is 0 Å². The average Bonchev–Trinajstić information content (AvgIpc) is 2.47. The van der Waals surface area contributed by atoms with Gasteiger partial charge in [-0.3, -0.25) is 0 Å². The smallest absolute Gasteiger partial charge is 0.0300 e. The van der Waals surface area contributed by atoms with Crippen molar-refractivity contribution in [3.05, 3.63) is 70.8 Å². The lowest BCUT2D eigenvalue weighted by molar-refractivity contribution is 0.476. The SMILES string of the molecule is Cc1cccc(C(N)CC2CCCc3ccccc32)c1. The molecule has 2 unspecified atom stereocenters. The second-order valence-electron chi connectivity index (χ2n) is 6.04. The van der Waals surface area contributed by atoms with Gasteiger partial charge in [-0.1, -0.05) is 54.1 Å². The monoisotopic (exact) mass is 265 g/mol. The lowest BCUT2D eigenvalue weighted by Crippen LogP contribution is -2.18. The summed E-state index contributed by atoms with van der Waals surface area (Å²) in [6.07, 6.45) is 4.85. The molecule has 0 amide bonds. The minimum atomic E-state index is 0.144. The third-order valence-corrected chi connectivity index (χ3v) is 4.50. The molecular formula is C19H23N. The Bertz CT molecular complexity index is 588. The first-order valence-electron chi connectivity index (χ1n) is 7.64. The molecule has 3 rings (SSSR count). The van der Waals surface area contributed by atoms with Crippen LogP contribution in [0.1, 0.15) is 53.5 Å². The van der Waals surface area contributed by atoms with Crippen molar-refractivity contribution in [3.8, 4) is 0 Å². The zero-order valence-electron chi connectivity index (χ0n) is 12.2. The molecule has 2 atom stereocenters. The van der Waals surface area contributed by atoms with Crippen molar-refractivity contribution in [1.29, 1.82) is 0 Å². The molecule has 1 heteroatoms. The van der Waals surface area contributed by atoms with Crippen LogP contribution in [0.3, 0.4) is 0 Å². The first-order valence-corrected chi connectivity index (χ1v) is 7.64. The van der Waals surface area contributed by atoms with Crippen LogP contribution in [0.25, 0.3) is 0 Å². The molecule has 2 aromatic carbocycles. The van der Waals surface area contributed by atoms with Crippen molar-refractivity contribution in [2.75, 3.05) is 0 Å². The summed E-state index contributed by atoms with van der Waals surface area (Å²) in [5.41, 5.74) is 12.1. The topological polar surface area (TPSA) is 26.0 Å². The van der Waals surface area contributed by atoms with Crippen LogP contribution in [0.5, 0.6) is 0 Å². The van der Waals surface area contributed by atoms with Crippen LogP contribution in [-0.2, 0) is 6.42 Å². The van der Waals surface area contributed by atoms with Gasteiger partial charge in [-0.2, -0.15) is 0 Å². The minimum Gasteiger partial charge on any atom is -0.324 e. The molecule has 0 radical (unpaired) electrons. The highest BCUT2D eigenvalue weighted by atomic mass is 14.6. The van der Waals surface area contributed by atoms with Gasteiger partial charge < -0.3 is 5.73 Å². The van der Waals surface area contributed by atoms with E-state index in [4.69, 9.17) is 5.73 Å². The normalized spacial score (nSPS) is 19.4. The minimum absolute atomic E-state index is 0.144. The van der Waals surface area contributed by atoms with Gasteiger partial charge in [0.1, 0.15) is 0 Å². The molecule has 104 valence electrons. The highest BCUT2D eigenvalue weighted by Crippen LogP contribution is 2.37. The van der Waals surface area contributed by atoms with E-state index in [0.29, 0.717) is 5.92 Å². The number of nitrogens with two attached hydrogens (primary N) is 1. The number of benzene rings is 2. The van der Waals surface area contributed by atoms with Crippen molar-refractivity contribution < 1.29 is 0 Å². The summed E-state index contributed by atoms with van der Waals surface area (Å²) in [4.78, 5) is 0. The lowest BCUT2D eigenvalue weighted by Gasteiger charge is -2.28. The van der Waals surface area contributed by atoms with Crippen molar-refractivity contribution in [2.45, 2.75) is 44.6 Å². The van der Waals surface area contributed by atoms with Gasteiger partial charge in [-0.25, -0.2) is 0 Å². The molecule has 1 aliphatic carbocycles. The summed E-state index contributed by atoms with van der Waals surface area (Å²) in [6, 6.07) is 17.7. The van der Waals surface area contributed by atoms with Crippen LogP contribution in [-0.4, -0.2) is 0 Å². The summed E-state index contributed by atoms with van der Waals surface area (Å²) in [5, 5.41) is 0. The van der Waals surface area contributed by atoms with Crippen LogP contribution in [0.4, 0.5) is 0 Å². The highest BCUT2D eigenvalue weighted by molar-refractivity contribution is 5.33. The fourth-order valence-corrected chi connectivity index (χ4v) is 3.44.